The fourth-order valence-corrected chi connectivity index (χ4v) is 4.81. The van der Waals surface area contributed by atoms with E-state index in [4.69, 9.17) is 0 Å². The first-order valence-corrected chi connectivity index (χ1v) is 11.3. The molecule has 4 aromatic rings. The van der Waals surface area contributed by atoms with E-state index in [1.54, 1.807) is 4.68 Å². The molecule has 2 N–H and O–H groups in total. The molecule has 2 heterocycles. The van der Waals surface area contributed by atoms with Gasteiger partial charge in [0.05, 0.1) is 11.6 Å². The van der Waals surface area contributed by atoms with E-state index in [1.807, 2.05) is 60.7 Å². The first kappa shape index (κ1) is 22.0. The highest BCUT2D eigenvalue weighted by Gasteiger charge is 2.38. The topological polar surface area (TPSA) is 71.8 Å². The van der Waals surface area contributed by atoms with E-state index >= 15 is 0 Å². The Kier molecular flexibility index (Phi) is 5.74. The highest BCUT2D eigenvalue weighted by Crippen LogP contribution is 2.39. The monoisotopic (exact) mass is 481 g/mol. The number of thioether (sulfide) groups is 1. The molecule has 172 valence electrons. The minimum absolute atomic E-state index is 0.0734. The summed E-state index contributed by atoms with van der Waals surface area (Å²) >= 11 is 1.21. The Hall–Kier alpha value is -3.79. The lowest BCUT2D eigenvalue weighted by Gasteiger charge is -2.33. The van der Waals surface area contributed by atoms with Crippen LogP contribution in [0.4, 0.5) is 18.9 Å². The van der Waals surface area contributed by atoms with Crippen molar-refractivity contribution in [3.05, 3.63) is 96.1 Å². The Labute approximate surface area is 197 Å². The van der Waals surface area contributed by atoms with Crippen molar-refractivity contribution in [3.63, 3.8) is 0 Å². The molecule has 2 atom stereocenters. The Bertz CT molecular complexity index is 1310. The van der Waals surface area contributed by atoms with Crippen LogP contribution in [0.3, 0.4) is 0 Å². The summed E-state index contributed by atoms with van der Waals surface area (Å²) in [5.74, 6) is 0.155. The average Bonchev–Trinajstić information content (AvgIpc) is 3.27. The summed E-state index contributed by atoms with van der Waals surface area (Å²) in [4.78, 5) is 13.3. The predicted molar refractivity (Wildman–Crippen MR) is 124 cm³/mol. The van der Waals surface area contributed by atoms with Gasteiger partial charge in [0.25, 0.3) is 0 Å². The SMILES string of the molecule is O=C(Nc1cccc(C(F)(F)F)c1)[C@@H]1Sc2nnc(-c3ccccc3)n2N[C@H]1c1ccccc1. The number of carbonyl (C=O) groups is 1. The van der Waals surface area contributed by atoms with Crippen LogP contribution in [0.25, 0.3) is 11.4 Å². The van der Waals surface area contributed by atoms with Crippen molar-refractivity contribution in [1.29, 1.82) is 0 Å². The van der Waals surface area contributed by atoms with Crippen LogP contribution in [0, 0.1) is 0 Å². The second kappa shape index (κ2) is 8.86. The molecule has 0 fully saturated rings. The van der Waals surface area contributed by atoms with Crippen LogP contribution < -0.4 is 10.7 Å². The summed E-state index contributed by atoms with van der Waals surface area (Å²) in [5.41, 5.74) is 4.29. The zero-order valence-electron chi connectivity index (χ0n) is 17.5. The van der Waals surface area contributed by atoms with E-state index in [0.717, 1.165) is 23.3 Å². The van der Waals surface area contributed by atoms with Gasteiger partial charge in [-0.15, -0.1) is 10.2 Å². The number of anilines is 1. The Morgan fingerprint density at radius 1 is 0.941 bits per heavy atom. The van der Waals surface area contributed by atoms with Crippen LogP contribution >= 0.6 is 11.8 Å². The third kappa shape index (κ3) is 4.36. The smallest absolute Gasteiger partial charge is 0.325 e. The van der Waals surface area contributed by atoms with Crippen molar-refractivity contribution < 1.29 is 18.0 Å². The number of alkyl halides is 3. The van der Waals surface area contributed by atoms with Crippen molar-refractivity contribution in [1.82, 2.24) is 14.9 Å². The Morgan fingerprint density at radius 2 is 1.65 bits per heavy atom. The molecule has 6 nitrogen and oxygen atoms in total. The van der Waals surface area contributed by atoms with Gasteiger partial charge in [-0.1, -0.05) is 78.5 Å². The molecule has 34 heavy (non-hydrogen) atoms. The van der Waals surface area contributed by atoms with E-state index < -0.39 is 28.9 Å². The molecule has 0 aliphatic carbocycles. The first-order chi connectivity index (χ1) is 16.4. The van der Waals surface area contributed by atoms with Crippen molar-refractivity contribution >= 4 is 23.4 Å². The number of halogens is 3. The molecule has 3 aromatic carbocycles. The van der Waals surface area contributed by atoms with E-state index in [9.17, 15) is 18.0 Å². The molecule has 1 aromatic heterocycles. The van der Waals surface area contributed by atoms with E-state index in [2.05, 4.69) is 20.9 Å². The van der Waals surface area contributed by atoms with Gasteiger partial charge >= 0.3 is 6.18 Å². The van der Waals surface area contributed by atoms with Crippen molar-refractivity contribution in [2.45, 2.75) is 22.6 Å². The lowest BCUT2D eigenvalue weighted by Crippen LogP contribution is -2.41. The maximum atomic E-state index is 13.3. The number of aromatic nitrogens is 3. The number of fused-ring (bicyclic) bond motifs is 1. The van der Waals surface area contributed by atoms with Crippen molar-refractivity contribution in [2.24, 2.45) is 0 Å². The quantitative estimate of drug-likeness (QED) is 0.411. The molecule has 0 saturated heterocycles. The second-order valence-corrected chi connectivity index (χ2v) is 8.74. The number of nitrogens with one attached hydrogen (secondary N) is 2. The van der Waals surface area contributed by atoms with Gasteiger partial charge in [-0.05, 0) is 23.8 Å². The summed E-state index contributed by atoms with van der Waals surface area (Å²) in [6.07, 6.45) is -4.50. The highest BCUT2D eigenvalue weighted by molar-refractivity contribution is 8.00. The van der Waals surface area contributed by atoms with Gasteiger partial charge in [0, 0.05) is 11.3 Å². The summed E-state index contributed by atoms with van der Waals surface area (Å²) in [7, 11) is 0. The minimum Gasteiger partial charge on any atom is -0.325 e. The van der Waals surface area contributed by atoms with Gasteiger partial charge in [-0.3, -0.25) is 4.79 Å². The number of carbonyl (C=O) groups excluding carboxylic acids is 1. The van der Waals surface area contributed by atoms with Gasteiger partial charge < -0.3 is 10.7 Å². The lowest BCUT2D eigenvalue weighted by atomic mass is 10.0. The molecule has 0 radical (unpaired) electrons. The lowest BCUT2D eigenvalue weighted by molar-refractivity contribution is -0.137. The number of rotatable bonds is 4. The molecule has 0 spiro atoms. The average molecular weight is 482 g/mol. The maximum Gasteiger partial charge on any atom is 0.416 e. The molecule has 10 heteroatoms. The summed E-state index contributed by atoms with van der Waals surface area (Å²) in [6.45, 7) is 0. The van der Waals surface area contributed by atoms with E-state index in [-0.39, 0.29) is 5.69 Å². The molecule has 0 saturated carbocycles. The number of amides is 1. The van der Waals surface area contributed by atoms with Crippen molar-refractivity contribution in [3.8, 4) is 11.4 Å². The maximum absolute atomic E-state index is 13.3. The van der Waals surface area contributed by atoms with E-state index in [0.29, 0.717) is 11.0 Å². The van der Waals surface area contributed by atoms with E-state index in [1.165, 1.54) is 23.9 Å². The fraction of sp³-hybridized carbons (Fsp3) is 0.125. The molecule has 1 amide bonds. The zero-order valence-corrected chi connectivity index (χ0v) is 18.3. The van der Waals surface area contributed by atoms with Crippen LogP contribution in [-0.4, -0.2) is 26.0 Å². The van der Waals surface area contributed by atoms with Crippen LogP contribution in [0.15, 0.2) is 90.1 Å². The third-order valence-corrected chi connectivity index (χ3v) is 6.56. The number of benzene rings is 3. The van der Waals surface area contributed by atoms with Gasteiger partial charge in [0.1, 0.15) is 5.25 Å². The largest absolute Gasteiger partial charge is 0.416 e. The highest BCUT2D eigenvalue weighted by atomic mass is 32.2. The van der Waals surface area contributed by atoms with Gasteiger partial charge in [0.15, 0.2) is 5.82 Å². The molecule has 1 aliphatic rings. The second-order valence-electron chi connectivity index (χ2n) is 7.63. The molecular weight excluding hydrogens is 463 g/mol. The summed E-state index contributed by atoms with van der Waals surface area (Å²) in [5, 5.41) is 10.9. The summed E-state index contributed by atoms with van der Waals surface area (Å²) < 4.78 is 41.1. The first-order valence-electron chi connectivity index (χ1n) is 10.4. The summed E-state index contributed by atoms with van der Waals surface area (Å²) in [6, 6.07) is 23.0. The third-order valence-electron chi connectivity index (χ3n) is 5.34. The van der Waals surface area contributed by atoms with Gasteiger partial charge in [-0.25, -0.2) is 4.68 Å². The number of nitrogens with zero attached hydrogens (tertiary/aromatic N) is 3. The number of hydrogen-bond donors (Lipinski definition) is 2. The molecule has 5 rings (SSSR count). The van der Waals surface area contributed by atoms with Crippen LogP contribution in [0.1, 0.15) is 17.2 Å². The standard InChI is InChI=1S/C24H18F3N5OS/c25-24(26,27)17-12-7-13-18(14-17)28-22(33)20-19(15-8-3-1-4-9-15)31-32-21(29-30-23(32)34-20)16-10-5-2-6-11-16/h1-14,19-20,31H,(H,28,33)/t19-,20+/m0/s1. The van der Waals surface area contributed by atoms with Gasteiger partial charge in [-0.2, -0.15) is 13.2 Å². The molecular formula is C24H18F3N5OS. The predicted octanol–water partition coefficient (Wildman–Crippen LogP) is 5.36. The van der Waals surface area contributed by atoms with Gasteiger partial charge in [0.2, 0.25) is 11.1 Å². The fourth-order valence-electron chi connectivity index (χ4n) is 3.73. The normalized spacial score (nSPS) is 17.5. The molecule has 0 unspecified atom stereocenters. The van der Waals surface area contributed by atoms with Crippen LogP contribution in [0.2, 0.25) is 0 Å². The van der Waals surface area contributed by atoms with Crippen molar-refractivity contribution in [2.75, 3.05) is 10.7 Å². The minimum atomic E-state index is -4.50. The van der Waals surface area contributed by atoms with Crippen LogP contribution in [-0.2, 0) is 11.0 Å². The molecule has 1 aliphatic heterocycles. The number of hydrogen-bond acceptors (Lipinski definition) is 5. The zero-order chi connectivity index (χ0) is 23.7. The molecule has 0 bridgehead atoms. The Balaban J connectivity index is 1.48. The Morgan fingerprint density at radius 3 is 2.35 bits per heavy atom. The van der Waals surface area contributed by atoms with Crippen LogP contribution in [0.5, 0.6) is 0 Å².